The molecule has 0 atom stereocenters. The van der Waals surface area contributed by atoms with Crippen molar-refractivity contribution in [3.8, 4) is 0 Å². The van der Waals surface area contributed by atoms with Gasteiger partial charge in [-0.15, -0.1) is 0 Å². The average molecular weight is 515 g/mol. The zero-order chi connectivity index (χ0) is 26.3. The zero-order valence-electron chi connectivity index (χ0n) is 21.3. The molecule has 0 bridgehead atoms. The summed E-state index contributed by atoms with van der Waals surface area (Å²) < 4.78 is 0. The third-order valence-corrected chi connectivity index (χ3v) is 12.6. The van der Waals surface area contributed by atoms with Gasteiger partial charge in [-0.1, -0.05) is 0 Å². The van der Waals surface area contributed by atoms with Gasteiger partial charge in [0.05, 0.1) is 0 Å². The van der Waals surface area contributed by atoms with E-state index in [-0.39, 0.29) is 22.7 Å². The van der Waals surface area contributed by atoms with E-state index in [9.17, 15) is 19.8 Å². The van der Waals surface area contributed by atoms with Gasteiger partial charge in [0.15, 0.2) is 0 Å². The summed E-state index contributed by atoms with van der Waals surface area (Å²) in [6.45, 7) is 0.588. The first-order valence-electron chi connectivity index (χ1n) is 12.9. The van der Waals surface area contributed by atoms with Gasteiger partial charge in [0.1, 0.15) is 0 Å². The summed E-state index contributed by atoms with van der Waals surface area (Å²) in [6, 6.07) is 32.5. The van der Waals surface area contributed by atoms with Crippen LogP contribution in [0.1, 0.15) is 32.6 Å². The Labute approximate surface area is 219 Å². The van der Waals surface area contributed by atoms with Crippen LogP contribution in [0.15, 0.2) is 113 Å². The molecule has 0 fully saturated rings. The molecule has 0 amide bonds. The first-order valence-corrected chi connectivity index (χ1v) is 15.1. The molecular formula is C32H35O4P. The van der Waals surface area contributed by atoms with Gasteiger partial charge in [-0.3, -0.25) is 0 Å². The number of benzene rings is 3. The van der Waals surface area contributed by atoms with Gasteiger partial charge in [-0.05, 0) is 0 Å². The maximum absolute atomic E-state index is 12.9. The zero-order valence-corrected chi connectivity index (χ0v) is 22.3. The molecule has 37 heavy (non-hydrogen) atoms. The fourth-order valence-electron chi connectivity index (χ4n) is 5.60. The standard InChI is InChI=1S/C32H35O4P/c1-24-28(32(36)30(23-34)29(22-33)31(24)35)20-12-5-13-21-37(25-14-6-2-7-15-25,26-16-8-3-9-17-26)27-18-10-4-11-19-27/h2-4,6-11,14-19,33-34,37H,5,12-13,20-23H2,1H3. The molecule has 3 aromatic rings. The van der Waals surface area contributed by atoms with Crippen molar-refractivity contribution in [2.75, 3.05) is 19.4 Å². The maximum atomic E-state index is 12.9. The number of unbranched alkanes of at least 4 members (excludes halogenated alkanes) is 2. The molecular weight excluding hydrogens is 479 g/mol. The van der Waals surface area contributed by atoms with Crippen LogP contribution in [0.2, 0.25) is 0 Å². The van der Waals surface area contributed by atoms with Gasteiger partial charge in [-0.2, -0.15) is 0 Å². The molecule has 1 aliphatic carbocycles. The van der Waals surface area contributed by atoms with Crippen LogP contribution in [0.4, 0.5) is 0 Å². The summed E-state index contributed by atoms with van der Waals surface area (Å²) in [6.07, 6.45) is 4.22. The number of carbonyl (C=O) groups excluding carboxylic acids is 2. The molecule has 0 heterocycles. The van der Waals surface area contributed by atoms with Gasteiger partial charge in [0.25, 0.3) is 0 Å². The number of hydrogen-bond acceptors (Lipinski definition) is 4. The summed E-state index contributed by atoms with van der Waals surface area (Å²) >= 11 is 0. The topological polar surface area (TPSA) is 74.6 Å². The first-order chi connectivity index (χ1) is 18.0. The van der Waals surface area contributed by atoms with E-state index in [4.69, 9.17) is 0 Å². The van der Waals surface area contributed by atoms with Crippen LogP contribution in [0, 0.1) is 0 Å². The van der Waals surface area contributed by atoms with E-state index in [1.807, 2.05) is 0 Å². The third kappa shape index (κ3) is 5.43. The minimum atomic E-state index is -2.28. The van der Waals surface area contributed by atoms with Gasteiger partial charge in [0.2, 0.25) is 0 Å². The summed E-state index contributed by atoms with van der Waals surface area (Å²) in [5.74, 6) is -0.630. The molecule has 0 saturated carbocycles. The minimum absolute atomic E-state index is 0.0260. The SMILES string of the molecule is CC1=C(CCCCC[PH](c2ccccc2)(c2ccccc2)c2ccccc2)C(=O)C(CO)=C(CO)C1=O. The van der Waals surface area contributed by atoms with Crippen molar-refractivity contribution >= 4 is 34.7 Å². The molecule has 192 valence electrons. The van der Waals surface area contributed by atoms with Crippen LogP contribution < -0.4 is 15.9 Å². The Morgan fingerprint density at radius 2 is 1.00 bits per heavy atom. The predicted octanol–water partition coefficient (Wildman–Crippen LogP) is 4.02. The molecule has 0 aromatic heterocycles. The van der Waals surface area contributed by atoms with E-state index >= 15 is 0 Å². The summed E-state index contributed by atoms with van der Waals surface area (Å²) in [4.78, 5) is 25.6. The van der Waals surface area contributed by atoms with Gasteiger partial charge >= 0.3 is 220 Å². The monoisotopic (exact) mass is 514 g/mol. The van der Waals surface area contributed by atoms with Crippen molar-refractivity contribution in [3.05, 3.63) is 113 Å². The van der Waals surface area contributed by atoms with E-state index in [1.54, 1.807) is 6.92 Å². The van der Waals surface area contributed by atoms with Crippen molar-refractivity contribution in [1.29, 1.82) is 0 Å². The van der Waals surface area contributed by atoms with Crippen LogP contribution in [0.25, 0.3) is 0 Å². The van der Waals surface area contributed by atoms with E-state index in [0.717, 1.165) is 25.4 Å². The van der Waals surface area contributed by atoms with Crippen LogP contribution in [0.5, 0.6) is 0 Å². The summed E-state index contributed by atoms with van der Waals surface area (Å²) in [5, 5.41) is 23.3. The molecule has 4 rings (SSSR count). The van der Waals surface area contributed by atoms with Gasteiger partial charge in [0, 0.05) is 0 Å². The van der Waals surface area contributed by atoms with E-state index < -0.39 is 20.5 Å². The molecule has 0 radical (unpaired) electrons. The van der Waals surface area contributed by atoms with E-state index in [2.05, 4.69) is 91.0 Å². The number of aliphatic hydroxyl groups is 2. The van der Waals surface area contributed by atoms with Crippen LogP contribution in [-0.2, 0) is 9.59 Å². The molecule has 4 nitrogen and oxygen atoms in total. The number of allylic oxidation sites excluding steroid dienone is 2. The Morgan fingerprint density at radius 1 is 0.568 bits per heavy atom. The van der Waals surface area contributed by atoms with Crippen LogP contribution >= 0.6 is 7.26 Å². The number of rotatable bonds is 11. The Bertz CT molecular complexity index is 1200. The molecule has 3 aromatic carbocycles. The number of hydrogen-bond donors (Lipinski definition) is 2. The Kier molecular flexibility index (Phi) is 9.00. The van der Waals surface area contributed by atoms with E-state index in [0.29, 0.717) is 17.6 Å². The molecule has 0 unspecified atom stereocenters. The quantitative estimate of drug-likeness (QED) is 0.230. The number of carbonyl (C=O) groups is 2. The van der Waals surface area contributed by atoms with E-state index in [1.165, 1.54) is 15.9 Å². The summed E-state index contributed by atoms with van der Waals surface area (Å²) in [7, 11) is -2.28. The second-order valence-electron chi connectivity index (χ2n) is 9.60. The summed E-state index contributed by atoms with van der Waals surface area (Å²) in [5.41, 5.74) is 0.937. The average Bonchev–Trinajstić information content (AvgIpc) is 2.95. The molecule has 0 saturated heterocycles. The van der Waals surface area contributed by atoms with Gasteiger partial charge < -0.3 is 0 Å². The second kappa shape index (κ2) is 12.4. The normalized spacial score (nSPS) is 14.9. The van der Waals surface area contributed by atoms with Crippen molar-refractivity contribution in [2.45, 2.75) is 32.6 Å². The number of aliphatic hydroxyl groups excluding tert-OH is 2. The fraction of sp³-hybridized carbons (Fsp3) is 0.250. The molecule has 2 N–H and O–H groups in total. The Hall–Kier alpha value is -3.17. The first kappa shape index (κ1) is 26.9. The number of Topliss-reactive ketones (excluding diaryl/α,β-unsaturated/α-hetero) is 2. The Balaban J connectivity index is 1.56. The van der Waals surface area contributed by atoms with Crippen molar-refractivity contribution in [1.82, 2.24) is 0 Å². The third-order valence-electron chi connectivity index (χ3n) is 7.57. The van der Waals surface area contributed by atoms with Crippen molar-refractivity contribution in [2.24, 2.45) is 0 Å². The van der Waals surface area contributed by atoms with Crippen molar-refractivity contribution in [3.63, 3.8) is 0 Å². The van der Waals surface area contributed by atoms with Gasteiger partial charge in [-0.25, -0.2) is 0 Å². The molecule has 0 spiro atoms. The molecule has 5 heteroatoms. The second-order valence-corrected chi connectivity index (χ2v) is 13.6. The van der Waals surface area contributed by atoms with Crippen LogP contribution in [0.3, 0.4) is 0 Å². The predicted molar refractivity (Wildman–Crippen MR) is 154 cm³/mol. The van der Waals surface area contributed by atoms with Crippen molar-refractivity contribution < 1.29 is 19.8 Å². The Morgan fingerprint density at radius 3 is 1.43 bits per heavy atom. The van der Waals surface area contributed by atoms with Crippen LogP contribution in [-0.4, -0.2) is 41.2 Å². The molecule has 0 aliphatic heterocycles. The number of ketones is 2. The molecule has 1 aliphatic rings. The fourth-order valence-corrected chi connectivity index (χ4v) is 10.5.